The van der Waals surface area contributed by atoms with Crippen LogP contribution in [0.25, 0.3) is 0 Å². The van der Waals surface area contributed by atoms with E-state index in [1.165, 1.54) is 115 Å². The van der Waals surface area contributed by atoms with Crippen molar-refractivity contribution >= 4 is 19.8 Å². The Morgan fingerprint density at radius 3 is 1.52 bits per heavy atom. The van der Waals surface area contributed by atoms with Crippen molar-refractivity contribution in [1.29, 1.82) is 0 Å². The molecule has 0 aromatic rings. The molecule has 0 aromatic carbocycles. The van der Waals surface area contributed by atoms with Gasteiger partial charge in [0.2, 0.25) is 0 Å². The van der Waals surface area contributed by atoms with E-state index in [-0.39, 0.29) is 13.2 Å². The molecule has 0 aliphatic rings. The summed E-state index contributed by atoms with van der Waals surface area (Å²) in [5, 5.41) is 0. The molecule has 0 radical (unpaired) electrons. The number of ether oxygens (including phenoxy) is 2. The van der Waals surface area contributed by atoms with Crippen LogP contribution in [0.15, 0.2) is 48.6 Å². The van der Waals surface area contributed by atoms with Gasteiger partial charge < -0.3 is 18.9 Å². The lowest BCUT2D eigenvalue weighted by atomic mass is 10.1. The van der Waals surface area contributed by atoms with Crippen LogP contribution in [0.5, 0.6) is 0 Å². The average molecular weight is 727 g/mol. The van der Waals surface area contributed by atoms with Gasteiger partial charge in [0.15, 0.2) is 6.10 Å². The molecule has 290 valence electrons. The second-order valence-corrected chi connectivity index (χ2v) is 15.6. The van der Waals surface area contributed by atoms with Crippen molar-refractivity contribution in [3.63, 3.8) is 0 Å². The van der Waals surface area contributed by atoms with Crippen molar-refractivity contribution in [1.82, 2.24) is 0 Å². The van der Waals surface area contributed by atoms with Crippen molar-refractivity contribution in [3.8, 4) is 0 Å². The second-order valence-electron chi connectivity index (χ2n) is 14.1. The molecule has 2 unspecified atom stereocenters. The molecule has 0 amide bonds. The lowest BCUT2D eigenvalue weighted by molar-refractivity contribution is -0.870. The number of quaternary nitrogens is 1. The zero-order chi connectivity index (χ0) is 37.2. The first kappa shape index (κ1) is 48.0. The van der Waals surface area contributed by atoms with Crippen LogP contribution in [0.1, 0.15) is 142 Å². The molecule has 2 atom stereocenters. The summed E-state index contributed by atoms with van der Waals surface area (Å²) in [7, 11) is 1.38. The van der Waals surface area contributed by atoms with Crippen LogP contribution in [0, 0.1) is 0 Å². The number of esters is 2. The molecule has 0 spiro atoms. The summed E-state index contributed by atoms with van der Waals surface area (Å²) in [6, 6.07) is 0. The molecule has 1 N–H and O–H groups in total. The van der Waals surface area contributed by atoms with Crippen LogP contribution in [0.4, 0.5) is 0 Å². The van der Waals surface area contributed by atoms with Gasteiger partial charge in [-0.3, -0.25) is 9.05 Å². The van der Waals surface area contributed by atoms with E-state index in [9.17, 15) is 19.0 Å². The maximum atomic E-state index is 12.5. The third-order valence-corrected chi connectivity index (χ3v) is 9.03. The fraction of sp³-hybridized carbons (Fsp3) is 0.750. The van der Waals surface area contributed by atoms with E-state index in [1.807, 2.05) is 39.4 Å². The Labute approximate surface area is 305 Å². The highest BCUT2D eigenvalue weighted by Gasteiger charge is 2.26. The number of nitrogens with zero attached hydrogens (tertiary/aromatic N) is 1. The van der Waals surface area contributed by atoms with Gasteiger partial charge in [0, 0.05) is 12.2 Å². The van der Waals surface area contributed by atoms with Gasteiger partial charge in [-0.2, -0.15) is 0 Å². The van der Waals surface area contributed by atoms with Crippen LogP contribution in [-0.4, -0.2) is 74.9 Å². The zero-order valence-corrected chi connectivity index (χ0v) is 33.3. The highest BCUT2D eigenvalue weighted by Crippen LogP contribution is 2.43. The first-order valence-electron chi connectivity index (χ1n) is 19.4. The largest absolute Gasteiger partial charge is 0.472 e. The molecule has 50 heavy (non-hydrogen) atoms. The van der Waals surface area contributed by atoms with Crippen LogP contribution >= 0.6 is 7.82 Å². The van der Waals surface area contributed by atoms with Gasteiger partial charge in [0.25, 0.3) is 0 Å². The summed E-state index contributed by atoms with van der Waals surface area (Å²) in [5.74, 6) is -1.31. The van der Waals surface area contributed by atoms with E-state index >= 15 is 0 Å². The summed E-state index contributed by atoms with van der Waals surface area (Å²) >= 11 is 0. The van der Waals surface area contributed by atoms with Crippen molar-refractivity contribution in [3.05, 3.63) is 48.6 Å². The van der Waals surface area contributed by atoms with Gasteiger partial charge in [0.1, 0.15) is 19.8 Å². The minimum absolute atomic E-state index is 0.00226. The normalized spacial score (nSPS) is 14.3. The first-order chi connectivity index (χ1) is 24.0. The van der Waals surface area contributed by atoms with E-state index < -0.39 is 32.5 Å². The van der Waals surface area contributed by atoms with Gasteiger partial charge in [-0.15, -0.1) is 0 Å². The minimum Gasteiger partial charge on any atom is -0.458 e. The number of carbonyl (C=O) groups excluding carboxylic acids is 2. The third-order valence-electron chi connectivity index (χ3n) is 8.04. The number of allylic oxidation sites excluding steroid dienone is 6. The molecule has 0 saturated heterocycles. The molecule has 10 heteroatoms. The smallest absolute Gasteiger partial charge is 0.458 e. The number of rotatable bonds is 34. The Bertz CT molecular complexity index is 1000. The van der Waals surface area contributed by atoms with Crippen LogP contribution in [-0.2, 0) is 32.7 Å². The molecule has 0 fully saturated rings. The van der Waals surface area contributed by atoms with E-state index in [0.29, 0.717) is 11.0 Å². The molecule has 0 aliphatic carbocycles. The Morgan fingerprint density at radius 2 is 1.06 bits per heavy atom. The molecule has 0 heterocycles. The quantitative estimate of drug-likeness (QED) is 0.0174. The number of likely N-dealkylation sites (N-methyl/N-ethyl adjacent to an activating group) is 1. The molecule has 0 rings (SSSR count). The van der Waals surface area contributed by atoms with Crippen LogP contribution < -0.4 is 0 Å². The lowest BCUT2D eigenvalue weighted by Gasteiger charge is -2.24. The van der Waals surface area contributed by atoms with Gasteiger partial charge >= 0.3 is 19.8 Å². The van der Waals surface area contributed by atoms with E-state index in [4.69, 9.17) is 18.5 Å². The Kier molecular flexibility index (Phi) is 31.5. The van der Waals surface area contributed by atoms with E-state index in [0.717, 1.165) is 25.7 Å². The lowest BCUT2D eigenvalue weighted by Crippen LogP contribution is -2.37. The van der Waals surface area contributed by atoms with Gasteiger partial charge in [-0.25, -0.2) is 14.2 Å². The van der Waals surface area contributed by atoms with Crippen molar-refractivity contribution in [2.24, 2.45) is 0 Å². The fourth-order valence-electron chi connectivity index (χ4n) is 4.95. The SMILES string of the molecule is CCCCCCCCCCC/C=C/C=C/C(=O)OCC(COP(=O)(O)OCC[N+](C)(C)C)OC(=O)/C=C/C=C/CCCCCCCCCCC. The van der Waals surface area contributed by atoms with Gasteiger partial charge in [-0.1, -0.05) is 153 Å². The topological polar surface area (TPSA) is 108 Å². The Morgan fingerprint density at radius 1 is 0.620 bits per heavy atom. The molecule has 9 nitrogen and oxygen atoms in total. The number of phosphoric ester groups is 1. The van der Waals surface area contributed by atoms with Crippen molar-refractivity contribution < 1.29 is 42.1 Å². The average Bonchev–Trinajstić information content (AvgIpc) is 3.06. The number of carbonyl (C=O) groups is 2. The zero-order valence-electron chi connectivity index (χ0n) is 32.4. The van der Waals surface area contributed by atoms with Gasteiger partial charge in [-0.05, 0) is 25.7 Å². The van der Waals surface area contributed by atoms with Crippen LogP contribution in [0.2, 0.25) is 0 Å². The predicted molar refractivity (Wildman–Crippen MR) is 206 cm³/mol. The molecular weight excluding hydrogens is 653 g/mol. The first-order valence-corrected chi connectivity index (χ1v) is 20.9. The molecule has 0 saturated carbocycles. The standard InChI is InChI=1S/C40H72NO8P/c1-6-8-10-12-14-16-18-20-22-24-26-28-30-32-39(42)46-36-38(37-48-50(44,45)47-35-34-41(3,4)5)49-40(43)33-31-29-27-25-23-21-19-17-15-13-11-9-7-2/h26-33,38H,6-25,34-37H2,1-5H3/p+1/b28-26+,29-27+,32-30+,33-31+. The molecular formula is C40H73NO8P+. The number of phosphoric acid groups is 1. The highest BCUT2D eigenvalue weighted by molar-refractivity contribution is 7.47. The summed E-state index contributed by atoms with van der Waals surface area (Å²) in [5.41, 5.74) is 0. The Hall–Kier alpha value is -2.03. The number of hydrogen-bond donors (Lipinski definition) is 1. The molecule has 0 bridgehead atoms. The maximum Gasteiger partial charge on any atom is 0.472 e. The predicted octanol–water partition coefficient (Wildman–Crippen LogP) is 10.3. The second kappa shape index (κ2) is 32.8. The Balaban J connectivity index is 4.67. The molecule has 0 aliphatic heterocycles. The fourth-order valence-corrected chi connectivity index (χ4v) is 5.69. The highest BCUT2D eigenvalue weighted by atomic mass is 31.2. The van der Waals surface area contributed by atoms with Crippen molar-refractivity contribution in [2.45, 2.75) is 148 Å². The summed E-state index contributed by atoms with van der Waals surface area (Å²) < 4.78 is 33.7. The monoisotopic (exact) mass is 727 g/mol. The maximum absolute atomic E-state index is 12.5. The summed E-state index contributed by atoms with van der Waals surface area (Å²) in [4.78, 5) is 34.9. The molecule has 0 aromatic heterocycles. The third kappa shape index (κ3) is 35.8. The summed E-state index contributed by atoms with van der Waals surface area (Å²) in [6.45, 7) is 4.13. The van der Waals surface area contributed by atoms with Gasteiger partial charge in [0.05, 0.1) is 27.7 Å². The number of unbranched alkanes of at least 4 members (excludes halogenated alkanes) is 18. The summed E-state index contributed by atoms with van der Waals surface area (Å²) in [6.07, 6.45) is 37.1. The minimum atomic E-state index is -4.41. The van der Waals surface area contributed by atoms with E-state index in [2.05, 4.69) is 13.8 Å². The van der Waals surface area contributed by atoms with Crippen molar-refractivity contribution in [2.75, 3.05) is 47.5 Å². The van der Waals surface area contributed by atoms with E-state index in [1.54, 1.807) is 18.2 Å². The van der Waals surface area contributed by atoms with Crippen LogP contribution in [0.3, 0.4) is 0 Å². The number of hydrogen-bond acceptors (Lipinski definition) is 7.